The molecule has 7 nitrogen and oxygen atoms in total. The second-order valence-electron chi connectivity index (χ2n) is 6.39. The molecule has 0 bridgehead atoms. The van der Waals surface area contributed by atoms with E-state index in [1.165, 1.54) is 19.2 Å². The van der Waals surface area contributed by atoms with E-state index in [0.29, 0.717) is 43.4 Å². The quantitative estimate of drug-likeness (QED) is 0.599. The van der Waals surface area contributed by atoms with Gasteiger partial charge >= 0.3 is 0 Å². The van der Waals surface area contributed by atoms with Gasteiger partial charge in [0.25, 0.3) is 16.4 Å². The van der Waals surface area contributed by atoms with Gasteiger partial charge in [0.2, 0.25) is 0 Å². The van der Waals surface area contributed by atoms with Crippen LogP contribution in [0.1, 0.15) is 0 Å². The number of hydrogen-bond donors (Lipinski definition) is 2. The Morgan fingerprint density at radius 1 is 1.21 bits per heavy atom. The van der Waals surface area contributed by atoms with E-state index in [2.05, 4.69) is 10.0 Å². The molecule has 2 N–H and O–H groups in total. The summed E-state index contributed by atoms with van der Waals surface area (Å²) in [5.41, 5.74) is 1.17. The van der Waals surface area contributed by atoms with E-state index in [-0.39, 0.29) is 11.4 Å². The summed E-state index contributed by atoms with van der Waals surface area (Å²) in [7, 11) is -2.25. The van der Waals surface area contributed by atoms with E-state index >= 15 is 0 Å². The van der Waals surface area contributed by atoms with E-state index in [9.17, 15) is 17.2 Å². The Labute approximate surface area is 168 Å². The van der Waals surface area contributed by atoms with Gasteiger partial charge < -0.3 is 19.7 Å². The first-order valence-electron chi connectivity index (χ1n) is 9.06. The fourth-order valence-corrected chi connectivity index (χ4v) is 4.02. The molecule has 1 aliphatic heterocycles. The molecule has 0 atom stereocenters. The number of nitrogens with one attached hydrogen (secondary N) is 2. The minimum absolute atomic E-state index is 0.115. The molecule has 0 fully saturated rings. The van der Waals surface area contributed by atoms with Crippen molar-refractivity contribution in [3.63, 3.8) is 0 Å². The van der Waals surface area contributed by atoms with Crippen molar-refractivity contribution in [2.75, 3.05) is 49.5 Å². The lowest BCUT2D eigenvalue weighted by molar-refractivity contribution is 0.146. The summed E-state index contributed by atoms with van der Waals surface area (Å²) in [6.45, 7) is 1.66. The van der Waals surface area contributed by atoms with Crippen LogP contribution in [0.3, 0.4) is 0 Å². The van der Waals surface area contributed by atoms with Crippen LogP contribution in [0.5, 0.6) is 11.5 Å². The molecule has 158 valence electrons. The number of rotatable bonds is 9. The highest BCUT2D eigenvalue weighted by Crippen LogP contribution is 2.34. The van der Waals surface area contributed by atoms with Gasteiger partial charge in [-0.05, 0) is 36.4 Å². The number of benzene rings is 2. The lowest BCUT2D eigenvalue weighted by Crippen LogP contribution is -2.38. The van der Waals surface area contributed by atoms with Crippen LogP contribution in [-0.4, -0.2) is 54.7 Å². The second kappa shape index (κ2) is 9.27. The zero-order valence-electron chi connectivity index (χ0n) is 15.9. The van der Waals surface area contributed by atoms with Crippen LogP contribution >= 0.6 is 0 Å². The minimum atomic E-state index is -3.76. The smallest absolute Gasteiger partial charge is 0.261 e. The number of methoxy groups -OCH3 is 1. The first kappa shape index (κ1) is 21.1. The summed E-state index contributed by atoms with van der Waals surface area (Å²) < 4.78 is 62.9. The predicted octanol–water partition coefficient (Wildman–Crippen LogP) is 2.55. The standard InChI is InChI=1S/C19H23F2N3O4S/c1-27-15-3-5-16(6-4-15)29(25,26)23-14-2-7-17-18(12-14)28-11-10-24(17)9-8-22-13-19(20)21/h2-7,12,19,22-23H,8-11,13H2,1H3. The zero-order chi connectivity index (χ0) is 20.9. The van der Waals surface area contributed by atoms with Crippen LogP contribution in [-0.2, 0) is 10.0 Å². The number of hydrogen-bond acceptors (Lipinski definition) is 6. The van der Waals surface area contributed by atoms with Gasteiger partial charge in [-0.3, -0.25) is 4.72 Å². The number of alkyl halides is 2. The Morgan fingerprint density at radius 2 is 1.97 bits per heavy atom. The summed E-state index contributed by atoms with van der Waals surface area (Å²) in [6, 6.07) is 11.1. The van der Waals surface area contributed by atoms with Crippen LogP contribution in [0.2, 0.25) is 0 Å². The first-order chi connectivity index (χ1) is 13.9. The summed E-state index contributed by atoms with van der Waals surface area (Å²) in [5.74, 6) is 1.11. The molecule has 0 saturated carbocycles. The fourth-order valence-electron chi connectivity index (χ4n) is 2.97. The Kier molecular flexibility index (Phi) is 6.75. The number of nitrogens with zero attached hydrogens (tertiary/aromatic N) is 1. The van der Waals surface area contributed by atoms with Gasteiger partial charge in [0.15, 0.2) is 0 Å². The van der Waals surface area contributed by atoms with Gasteiger partial charge in [-0.1, -0.05) is 0 Å². The highest BCUT2D eigenvalue weighted by molar-refractivity contribution is 7.92. The summed E-state index contributed by atoms with van der Waals surface area (Å²) in [6.07, 6.45) is -2.38. The Balaban J connectivity index is 1.69. The largest absolute Gasteiger partial charge is 0.497 e. The van der Waals surface area contributed by atoms with E-state index < -0.39 is 16.4 Å². The van der Waals surface area contributed by atoms with Crippen LogP contribution < -0.4 is 24.4 Å². The summed E-state index contributed by atoms with van der Waals surface area (Å²) in [5, 5.41) is 2.70. The minimum Gasteiger partial charge on any atom is -0.497 e. The molecule has 0 aliphatic carbocycles. The Hall–Kier alpha value is -2.59. The van der Waals surface area contributed by atoms with Crippen LogP contribution in [0, 0.1) is 0 Å². The average molecular weight is 427 g/mol. The molecule has 3 rings (SSSR count). The van der Waals surface area contributed by atoms with E-state index in [1.54, 1.807) is 30.3 Å². The summed E-state index contributed by atoms with van der Waals surface area (Å²) >= 11 is 0. The van der Waals surface area contributed by atoms with Gasteiger partial charge in [0.1, 0.15) is 18.1 Å². The maximum atomic E-state index is 12.6. The number of halogens is 2. The third-order valence-corrected chi connectivity index (χ3v) is 5.80. The molecular weight excluding hydrogens is 404 g/mol. The van der Waals surface area contributed by atoms with Crippen LogP contribution in [0.4, 0.5) is 20.2 Å². The SMILES string of the molecule is COc1ccc(S(=O)(=O)Nc2ccc3c(c2)OCCN3CCNCC(F)F)cc1. The van der Waals surface area contributed by atoms with Crippen molar-refractivity contribution in [1.29, 1.82) is 0 Å². The maximum absolute atomic E-state index is 12.6. The van der Waals surface area contributed by atoms with Gasteiger partial charge in [0.05, 0.1) is 36.5 Å². The van der Waals surface area contributed by atoms with E-state index in [4.69, 9.17) is 9.47 Å². The van der Waals surface area contributed by atoms with Crippen molar-refractivity contribution in [1.82, 2.24) is 5.32 Å². The highest BCUT2D eigenvalue weighted by Gasteiger charge is 2.20. The number of ether oxygens (including phenoxy) is 2. The number of anilines is 2. The molecule has 0 amide bonds. The average Bonchev–Trinajstić information content (AvgIpc) is 2.70. The monoisotopic (exact) mass is 427 g/mol. The van der Waals surface area contributed by atoms with Gasteiger partial charge in [-0.15, -0.1) is 0 Å². The molecule has 1 aliphatic rings. The molecule has 0 saturated heterocycles. The second-order valence-corrected chi connectivity index (χ2v) is 8.08. The number of fused-ring (bicyclic) bond motifs is 1. The predicted molar refractivity (Wildman–Crippen MR) is 107 cm³/mol. The molecule has 0 aromatic heterocycles. The molecule has 10 heteroatoms. The van der Waals surface area contributed by atoms with Gasteiger partial charge in [-0.25, -0.2) is 17.2 Å². The zero-order valence-corrected chi connectivity index (χ0v) is 16.7. The Morgan fingerprint density at radius 3 is 2.66 bits per heavy atom. The third-order valence-electron chi connectivity index (χ3n) is 4.40. The maximum Gasteiger partial charge on any atom is 0.261 e. The molecule has 2 aromatic rings. The lowest BCUT2D eigenvalue weighted by Gasteiger charge is -2.31. The van der Waals surface area contributed by atoms with E-state index in [0.717, 1.165) is 5.69 Å². The molecule has 0 spiro atoms. The lowest BCUT2D eigenvalue weighted by atomic mass is 10.2. The molecule has 0 radical (unpaired) electrons. The van der Waals surface area contributed by atoms with Crippen molar-refractivity contribution >= 4 is 21.4 Å². The first-order valence-corrected chi connectivity index (χ1v) is 10.5. The Bertz CT molecular complexity index is 924. The number of sulfonamides is 1. The van der Waals surface area contributed by atoms with Crippen molar-refractivity contribution in [2.24, 2.45) is 0 Å². The molecule has 0 unspecified atom stereocenters. The molecule has 1 heterocycles. The molecule has 2 aromatic carbocycles. The van der Waals surface area contributed by atoms with Gasteiger partial charge in [-0.2, -0.15) is 0 Å². The summed E-state index contributed by atoms with van der Waals surface area (Å²) in [4.78, 5) is 2.13. The van der Waals surface area contributed by atoms with Gasteiger partial charge in [0, 0.05) is 19.2 Å². The van der Waals surface area contributed by atoms with Crippen LogP contribution in [0.15, 0.2) is 47.4 Å². The highest BCUT2D eigenvalue weighted by atomic mass is 32.2. The third kappa shape index (κ3) is 5.48. The molecule has 29 heavy (non-hydrogen) atoms. The topological polar surface area (TPSA) is 79.9 Å². The van der Waals surface area contributed by atoms with E-state index in [1.807, 2.05) is 4.90 Å². The van der Waals surface area contributed by atoms with Crippen molar-refractivity contribution in [3.8, 4) is 11.5 Å². The normalized spacial score (nSPS) is 13.7. The fraction of sp³-hybridized carbons (Fsp3) is 0.368. The van der Waals surface area contributed by atoms with Crippen molar-refractivity contribution in [2.45, 2.75) is 11.3 Å². The van der Waals surface area contributed by atoms with Crippen molar-refractivity contribution in [3.05, 3.63) is 42.5 Å². The van der Waals surface area contributed by atoms with Crippen molar-refractivity contribution < 1.29 is 26.7 Å². The molecular formula is C19H23F2N3O4S. The van der Waals surface area contributed by atoms with Crippen LogP contribution in [0.25, 0.3) is 0 Å².